The van der Waals surface area contributed by atoms with Crippen LogP contribution in [0.5, 0.6) is 0 Å². The lowest BCUT2D eigenvalue weighted by molar-refractivity contribution is 0.306. The standard InChI is InChI=1S/C3H4O3S/c4-7-5-2-1-3-6-7/h1-2H,3H2. The van der Waals surface area contributed by atoms with Gasteiger partial charge in [-0.3, -0.25) is 4.18 Å². The molecule has 0 amide bonds. The fourth-order valence-electron chi connectivity index (χ4n) is 0.247. The third kappa shape index (κ3) is 1.29. The average Bonchev–Trinajstić information content (AvgIpc) is 1.69. The van der Waals surface area contributed by atoms with Crippen molar-refractivity contribution >= 4 is 11.4 Å². The maximum atomic E-state index is 10.1. The van der Waals surface area contributed by atoms with E-state index < -0.39 is 11.4 Å². The van der Waals surface area contributed by atoms with Gasteiger partial charge in [-0.1, -0.05) is 0 Å². The van der Waals surface area contributed by atoms with Crippen molar-refractivity contribution in [2.75, 3.05) is 6.61 Å². The Labute approximate surface area is 43.8 Å². The van der Waals surface area contributed by atoms with Gasteiger partial charge in [0.1, 0.15) is 6.26 Å². The van der Waals surface area contributed by atoms with Crippen molar-refractivity contribution in [3.63, 3.8) is 0 Å². The summed E-state index contributed by atoms with van der Waals surface area (Å²) in [5.41, 5.74) is 0. The van der Waals surface area contributed by atoms with Crippen LogP contribution in [0.4, 0.5) is 0 Å². The molecule has 0 aromatic heterocycles. The molecule has 1 atom stereocenters. The van der Waals surface area contributed by atoms with Crippen molar-refractivity contribution in [3.05, 3.63) is 12.3 Å². The predicted octanol–water partition coefficient (Wildman–Crippen LogP) is 0.126. The van der Waals surface area contributed by atoms with Crippen LogP contribution in [-0.4, -0.2) is 10.8 Å². The van der Waals surface area contributed by atoms with E-state index in [9.17, 15) is 4.21 Å². The van der Waals surface area contributed by atoms with Gasteiger partial charge in [0.2, 0.25) is 0 Å². The Bertz CT molecular complexity index is 109. The van der Waals surface area contributed by atoms with Crippen LogP contribution in [0.15, 0.2) is 12.3 Å². The summed E-state index contributed by atoms with van der Waals surface area (Å²) >= 11 is -1.53. The summed E-state index contributed by atoms with van der Waals surface area (Å²) in [5, 5.41) is 0. The van der Waals surface area contributed by atoms with E-state index in [0.29, 0.717) is 6.61 Å². The summed E-state index contributed by atoms with van der Waals surface area (Å²) in [6.45, 7) is 0.382. The van der Waals surface area contributed by atoms with Crippen molar-refractivity contribution in [2.45, 2.75) is 0 Å². The van der Waals surface area contributed by atoms with E-state index in [2.05, 4.69) is 8.37 Å². The van der Waals surface area contributed by atoms with E-state index >= 15 is 0 Å². The molecule has 0 aromatic carbocycles. The molecule has 0 saturated heterocycles. The zero-order valence-corrected chi connectivity index (χ0v) is 4.31. The highest BCUT2D eigenvalue weighted by Crippen LogP contribution is 1.95. The molecule has 0 saturated carbocycles. The fourth-order valence-corrected chi connectivity index (χ4v) is 0.661. The van der Waals surface area contributed by atoms with Crippen LogP contribution in [-0.2, 0) is 19.7 Å². The largest absolute Gasteiger partial charge is 0.388 e. The van der Waals surface area contributed by atoms with Crippen LogP contribution in [0.1, 0.15) is 0 Å². The monoisotopic (exact) mass is 120 g/mol. The molecular weight excluding hydrogens is 116 g/mol. The minimum absolute atomic E-state index is 0.382. The van der Waals surface area contributed by atoms with E-state index in [-0.39, 0.29) is 0 Å². The van der Waals surface area contributed by atoms with E-state index in [1.807, 2.05) is 0 Å². The Morgan fingerprint density at radius 3 is 2.86 bits per heavy atom. The Morgan fingerprint density at radius 1 is 1.71 bits per heavy atom. The lowest BCUT2D eigenvalue weighted by Gasteiger charge is -2.01. The van der Waals surface area contributed by atoms with Crippen LogP contribution >= 0.6 is 0 Å². The van der Waals surface area contributed by atoms with E-state index in [4.69, 9.17) is 0 Å². The second kappa shape index (κ2) is 2.09. The van der Waals surface area contributed by atoms with E-state index in [1.165, 1.54) is 6.26 Å². The van der Waals surface area contributed by atoms with Crippen molar-refractivity contribution in [3.8, 4) is 0 Å². The Hall–Kier alpha value is -0.350. The van der Waals surface area contributed by atoms with Crippen molar-refractivity contribution in [1.29, 1.82) is 0 Å². The third-order valence-corrected chi connectivity index (χ3v) is 1.09. The number of rotatable bonds is 0. The Morgan fingerprint density at radius 2 is 2.57 bits per heavy atom. The Balaban J connectivity index is 2.47. The minimum atomic E-state index is -1.53. The molecule has 0 aromatic rings. The normalized spacial score (nSPS) is 29.4. The predicted molar refractivity (Wildman–Crippen MR) is 24.3 cm³/mol. The smallest absolute Gasteiger partial charge is 0.359 e. The van der Waals surface area contributed by atoms with Gasteiger partial charge in [-0.2, -0.15) is 4.21 Å². The van der Waals surface area contributed by atoms with Gasteiger partial charge >= 0.3 is 11.4 Å². The fraction of sp³-hybridized carbons (Fsp3) is 0.333. The highest BCUT2D eigenvalue weighted by atomic mass is 32.2. The molecule has 1 heterocycles. The van der Waals surface area contributed by atoms with Crippen molar-refractivity contribution in [2.24, 2.45) is 0 Å². The maximum absolute atomic E-state index is 10.1. The zero-order chi connectivity index (χ0) is 5.11. The van der Waals surface area contributed by atoms with E-state index in [0.717, 1.165) is 0 Å². The van der Waals surface area contributed by atoms with Crippen LogP contribution in [0, 0.1) is 0 Å². The first kappa shape index (κ1) is 4.80. The summed E-state index contributed by atoms with van der Waals surface area (Å²) in [6, 6.07) is 0. The minimum Gasteiger partial charge on any atom is -0.388 e. The van der Waals surface area contributed by atoms with Crippen molar-refractivity contribution < 1.29 is 12.6 Å². The molecule has 0 radical (unpaired) electrons. The molecule has 1 unspecified atom stereocenters. The first-order chi connectivity index (χ1) is 3.39. The first-order valence-electron chi connectivity index (χ1n) is 1.77. The molecule has 4 heteroatoms. The lowest BCUT2D eigenvalue weighted by Crippen LogP contribution is -2.02. The summed E-state index contributed by atoms with van der Waals surface area (Å²) in [6.07, 6.45) is 3.00. The maximum Gasteiger partial charge on any atom is 0.359 e. The van der Waals surface area contributed by atoms with Gasteiger partial charge in [-0.05, 0) is 6.08 Å². The molecule has 1 rings (SSSR count). The van der Waals surface area contributed by atoms with Gasteiger partial charge in [0.15, 0.2) is 0 Å². The summed E-state index contributed by atoms with van der Waals surface area (Å²) in [7, 11) is 0. The van der Waals surface area contributed by atoms with Gasteiger partial charge in [0, 0.05) is 0 Å². The summed E-state index contributed by atoms with van der Waals surface area (Å²) in [4.78, 5) is 0. The van der Waals surface area contributed by atoms with Crippen molar-refractivity contribution in [1.82, 2.24) is 0 Å². The lowest BCUT2D eigenvalue weighted by atomic mass is 10.7. The molecule has 3 nitrogen and oxygen atoms in total. The molecule has 7 heavy (non-hydrogen) atoms. The van der Waals surface area contributed by atoms with Crippen LogP contribution < -0.4 is 0 Å². The van der Waals surface area contributed by atoms with Crippen LogP contribution in [0.3, 0.4) is 0 Å². The number of hydrogen-bond acceptors (Lipinski definition) is 3. The molecule has 0 fully saturated rings. The zero-order valence-electron chi connectivity index (χ0n) is 3.49. The highest BCUT2D eigenvalue weighted by Gasteiger charge is 1.99. The van der Waals surface area contributed by atoms with Gasteiger partial charge in [0.05, 0.1) is 6.61 Å². The summed E-state index contributed by atoms with van der Waals surface area (Å²) < 4.78 is 18.9. The quantitative estimate of drug-likeness (QED) is 0.455. The number of hydrogen-bond donors (Lipinski definition) is 0. The first-order valence-corrected chi connectivity index (χ1v) is 2.77. The molecule has 0 aliphatic carbocycles. The Kier molecular flexibility index (Phi) is 1.43. The second-order valence-electron chi connectivity index (χ2n) is 0.957. The molecular formula is C3H4O3S. The van der Waals surface area contributed by atoms with Gasteiger partial charge in [-0.25, -0.2) is 0 Å². The van der Waals surface area contributed by atoms with E-state index in [1.54, 1.807) is 6.08 Å². The molecule has 40 valence electrons. The van der Waals surface area contributed by atoms with Gasteiger partial charge < -0.3 is 4.18 Å². The van der Waals surface area contributed by atoms with Gasteiger partial charge in [0.25, 0.3) is 0 Å². The molecule has 1 aliphatic heterocycles. The molecule has 0 bridgehead atoms. The topological polar surface area (TPSA) is 35.5 Å². The van der Waals surface area contributed by atoms with Crippen LogP contribution in [0.2, 0.25) is 0 Å². The van der Waals surface area contributed by atoms with Crippen LogP contribution in [0.25, 0.3) is 0 Å². The summed E-state index contributed by atoms with van der Waals surface area (Å²) in [5.74, 6) is 0. The molecule has 0 N–H and O–H groups in total. The van der Waals surface area contributed by atoms with Gasteiger partial charge in [-0.15, -0.1) is 0 Å². The highest BCUT2D eigenvalue weighted by molar-refractivity contribution is 7.75. The molecule has 0 spiro atoms. The second-order valence-corrected chi connectivity index (χ2v) is 1.79. The third-order valence-electron chi connectivity index (χ3n) is 0.491. The molecule has 1 aliphatic rings. The SMILES string of the molecule is O=S1OC=CCO1. The average molecular weight is 120 g/mol.